The molecule has 0 spiro atoms. The summed E-state index contributed by atoms with van der Waals surface area (Å²) in [5.74, 6) is 0.881. The van der Waals surface area contributed by atoms with Crippen LogP contribution in [0.5, 0.6) is 0 Å². The van der Waals surface area contributed by atoms with Crippen molar-refractivity contribution in [2.75, 3.05) is 37.0 Å². The highest BCUT2D eigenvalue weighted by Crippen LogP contribution is 2.08. The quantitative estimate of drug-likeness (QED) is 0.407. The number of nitrogens with one attached hydrogen (secondary N) is 3. The number of carbonyl (C=O) groups is 1. The van der Waals surface area contributed by atoms with Gasteiger partial charge in [-0.15, -0.1) is 0 Å². The standard InChI is InChI=1S/C14H21FN4OS/c1-3-16-14(17-7-8-21-2)18-10-13(20)19-12-6-4-5-11(15)9-12/h4-6,9H,3,7-8,10H2,1-2H3,(H,19,20)(H2,16,17,18). The van der Waals surface area contributed by atoms with Gasteiger partial charge < -0.3 is 16.0 Å². The van der Waals surface area contributed by atoms with E-state index in [1.165, 1.54) is 12.1 Å². The second-order valence-electron chi connectivity index (χ2n) is 4.17. The summed E-state index contributed by atoms with van der Waals surface area (Å²) < 4.78 is 13.0. The molecule has 0 aromatic heterocycles. The van der Waals surface area contributed by atoms with Crippen molar-refractivity contribution >= 4 is 29.3 Å². The molecule has 7 heteroatoms. The SMILES string of the molecule is CCNC(=NCC(=O)Nc1cccc(F)c1)NCCSC. The van der Waals surface area contributed by atoms with Gasteiger partial charge >= 0.3 is 0 Å². The van der Waals surface area contributed by atoms with E-state index in [4.69, 9.17) is 0 Å². The Morgan fingerprint density at radius 1 is 1.38 bits per heavy atom. The van der Waals surface area contributed by atoms with E-state index >= 15 is 0 Å². The first-order valence-electron chi connectivity index (χ1n) is 6.72. The predicted octanol–water partition coefficient (Wildman–Crippen LogP) is 1.68. The van der Waals surface area contributed by atoms with E-state index in [1.807, 2.05) is 13.2 Å². The minimum absolute atomic E-state index is 0.0227. The number of rotatable bonds is 7. The lowest BCUT2D eigenvalue weighted by Gasteiger charge is -2.10. The van der Waals surface area contributed by atoms with Gasteiger partial charge in [-0.05, 0) is 31.4 Å². The summed E-state index contributed by atoms with van der Waals surface area (Å²) in [7, 11) is 0. The molecular formula is C14H21FN4OS. The first-order chi connectivity index (χ1) is 10.2. The molecule has 0 aliphatic heterocycles. The third-order valence-electron chi connectivity index (χ3n) is 2.43. The third kappa shape index (κ3) is 7.55. The van der Waals surface area contributed by atoms with Gasteiger partial charge in [-0.25, -0.2) is 9.38 Å². The van der Waals surface area contributed by atoms with Crippen LogP contribution < -0.4 is 16.0 Å². The minimum Gasteiger partial charge on any atom is -0.357 e. The number of hydrogen-bond acceptors (Lipinski definition) is 3. The summed E-state index contributed by atoms with van der Waals surface area (Å²) in [6.45, 7) is 3.43. The predicted molar refractivity (Wildman–Crippen MR) is 87.4 cm³/mol. The van der Waals surface area contributed by atoms with Gasteiger partial charge in [0.1, 0.15) is 12.4 Å². The van der Waals surface area contributed by atoms with Crippen LogP contribution in [0.1, 0.15) is 6.92 Å². The molecule has 3 N–H and O–H groups in total. The molecule has 0 radical (unpaired) electrons. The second-order valence-corrected chi connectivity index (χ2v) is 5.16. The van der Waals surface area contributed by atoms with E-state index in [0.717, 1.165) is 18.8 Å². The van der Waals surface area contributed by atoms with E-state index in [2.05, 4.69) is 20.9 Å². The van der Waals surface area contributed by atoms with Gasteiger partial charge in [0.05, 0.1) is 0 Å². The fourth-order valence-corrected chi connectivity index (χ4v) is 1.84. The van der Waals surface area contributed by atoms with Crippen molar-refractivity contribution in [2.45, 2.75) is 6.92 Å². The highest BCUT2D eigenvalue weighted by Gasteiger charge is 2.03. The minimum atomic E-state index is -0.386. The van der Waals surface area contributed by atoms with Gasteiger partial charge in [-0.3, -0.25) is 4.79 Å². The lowest BCUT2D eigenvalue weighted by molar-refractivity contribution is -0.114. The molecule has 1 aromatic carbocycles. The van der Waals surface area contributed by atoms with Gasteiger partial charge in [0.2, 0.25) is 5.91 Å². The molecule has 0 atom stereocenters. The van der Waals surface area contributed by atoms with E-state index in [9.17, 15) is 9.18 Å². The van der Waals surface area contributed by atoms with Crippen LogP contribution in [0, 0.1) is 5.82 Å². The Kier molecular flexibility index (Phi) is 8.27. The molecule has 0 aliphatic rings. The fourth-order valence-electron chi connectivity index (χ4n) is 1.53. The van der Waals surface area contributed by atoms with Gasteiger partial charge in [-0.1, -0.05) is 6.07 Å². The van der Waals surface area contributed by atoms with Crippen molar-refractivity contribution in [1.29, 1.82) is 0 Å². The largest absolute Gasteiger partial charge is 0.357 e. The molecule has 116 valence electrons. The topological polar surface area (TPSA) is 65.5 Å². The number of amides is 1. The van der Waals surface area contributed by atoms with Gasteiger partial charge in [0, 0.05) is 24.5 Å². The van der Waals surface area contributed by atoms with Crippen LogP contribution in [-0.4, -0.2) is 43.5 Å². The first-order valence-corrected chi connectivity index (χ1v) is 8.11. The van der Waals surface area contributed by atoms with Gasteiger partial charge in [0.25, 0.3) is 0 Å². The van der Waals surface area contributed by atoms with Crippen LogP contribution in [0.4, 0.5) is 10.1 Å². The molecule has 21 heavy (non-hydrogen) atoms. The molecule has 1 rings (SSSR count). The Morgan fingerprint density at radius 3 is 2.86 bits per heavy atom. The van der Waals surface area contributed by atoms with Crippen molar-refractivity contribution in [3.8, 4) is 0 Å². The molecule has 0 saturated carbocycles. The molecule has 1 amide bonds. The van der Waals surface area contributed by atoms with E-state index in [0.29, 0.717) is 11.6 Å². The molecule has 0 fully saturated rings. The average molecular weight is 312 g/mol. The number of hydrogen-bond donors (Lipinski definition) is 3. The molecule has 5 nitrogen and oxygen atoms in total. The summed E-state index contributed by atoms with van der Waals surface area (Å²) in [6, 6.07) is 5.77. The zero-order chi connectivity index (χ0) is 15.5. The molecule has 0 unspecified atom stereocenters. The molecule has 0 heterocycles. The zero-order valence-electron chi connectivity index (χ0n) is 12.3. The van der Waals surface area contributed by atoms with Crippen LogP contribution in [0.25, 0.3) is 0 Å². The van der Waals surface area contributed by atoms with Crippen molar-refractivity contribution < 1.29 is 9.18 Å². The highest BCUT2D eigenvalue weighted by atomic mass is 32.2. The van der Waals surface area contributed by atoms with Crippen LogP contribution in [0.15, 0.2) is 29.3 Å². The third-order valence-corrected chi connectivity index (χ3v) is 3.04. The lowest BCUT2D eigenvalue weighted by Crippen LogP contribution is -2.39. The Hall–Kier alpha value is -1.76. The fraction of sp³-hybridized carbons (Fsp3) is 0.429. The summed E-state index contributed by atoms with van der Waals surface area (Å²) >= 11 is 1.73. The number of thioether (sulfide) groups is 1. The van der Waals surface area contributed by atoms with Crippen molar-refractivity contribution in [1.82, 2.24) is 10.6 Å². The van der Waals surface area contributed by atoms with Gasteiger partial charge in [0.15, 0.2) is 5.96 Å². The second kappa shape index (κ2) is 10.0. The Balaban J connectivity index is 2.48. The summed E-state index contributed by atoms with van der Waals surface area (Å²) in [5, 5.41) is 8.79. The van der Waals surface area contributed by atoms with Crippen molar-refractivity contribution in [3.63, 3.8) is 0 Å². The van der Waals surface area contributed by atoms with E-state index in [1.54, 1.807) is 23.9 Å². The Bertz CT molecular complexity index is 482. The summed E-state index contributed by atoms with van der Waals surface area (Å²) in [6.07, 6.45) is 2.03. The van der Waals surface area contributed by atoms with E-state index in [-0.39, 0.29) is 18.3 Å². The number of aliphatic imine (C=N–C) groups is 1. The number of halogens is 1. The Labute approximate surface area is 128 Å². The van der Waals surface area contributed by atoms with Crippen LogP contribution >= 0.6 is 11.8 Å². The normalized spacial score (nSPS) is 11.1. The first kappa shape index (κ1) is 17.3. The summed E-state index contributed by atoms with van der Waals surface area (Å²) in [5.41, 5.74) is 0.426. The molecular weight excluding hydrogens is 291 g/mol. The van der Waals surface area contributed by atoms with Crippen LogP contribution in [-0.2, 0) is 4.79 Å². The van der Waals surface area contributed by atoms with Crippen LogP contribution in [0.2, 0.25) is 0 Å². The molecule has 0 bridgehead atoms. The zero-order valence-corrected chi connectivity index (χ0v) is 13.1. The van der Waals surface area contributed by atoms with Gasteiger partial charge in [-0.2, -0.15) is 11.8 Å². The number of nitrogens with zero attached hydrogens (tertiary/aromatic N) is 1. The lowest BCUT2D eigenvalue weighted by atomic mass is 10.3. The van der Waals surface area contributed by atoms with Crippen molar-refractivity contribution in [3.05, 3.63) is 30.1 Å². The highest BCUT2D eigenvalue weighted by molar-refractivity contribution is 7.98. The maximum absolute atomic E-state index is 13.0. The molecule has 0 aliphatic carbocycles. The van der Waals surface area contributed by atoms with Crippen LogP contribution in [0.3, 0.4) is 0 Å². The number of guanidine groups is 1. The number of carbonyl (C=O) groups excluding carboxylic acids is 1. The molecule has 1 aromatic rings. The number of benzene rings is 1. The monoisotopic (exact) mass is 312 g/mol. The maximum atomic E-state index is 13.0. The smallest absolute Gasteiger partial charge is 0.246 e. The van der Waals surface area contributed by atoms with E-state index < -0.39 is 0 Å². The maximum Gasteiger partial charge on any atom is 0.246 e. The Morgan fingerprint density at radius 2 is 2.19 bits per heavy atom. The number of anilines is 1. The van der Waals surface area contributed by atoms with Crippen molar-refractivity contribution in [2.24, 2.45) is 4.99 Å². The summed E-state index contributed by atoms with van der Waals surface area (Å²) in [4.78, 5) is 15.9. The molecule has 0 saturated heterocycles. The average Bonchev–Trinajstić information content (AvgIpc) is 2.45.